The Morgan fingerprint density at radius 3 is 2.61 bits per heavy atom. The van der Waals surface area contributed by atoms with E-state index in [2.05, 4.69) is 41.7 Å². The molecule has 0 saturated heterocycles. The van der Waals surface area contributed by atoms with Crippen LogP contribution in [-0.2, 0) is 25.3 Å². The molecule has 0 aliphatic carbocycles. The Balaban J connectivity index is 1.67. The van der Waals surface area contributed by atoms with Gasteiger partial charge in [0.1, 0.15) is 5.65 Å². The van der Waals surface area contributed by atoms with Crippen molar-refractivity contribution in [3.8, 4) is 33.5 Å². The molecule has 4 aromatic heterocycles. The molecular weight excluding hydrogens is 450 g/mol. The highest BCUT2D eigenvalue weighted by Crippen LogP contribution is 2.45. The summed E-state index contributed by atoms with van der Waals surface area (Å²) in [6, 6.07) is 6.18. The van der Waals surface area contributed by atoms with Crippen LogP contribution < -0.4 is 4.90 Å². The van der Waals surface area contributed by atoms with E-state index in [9.17, 15) is 4.79 Å². The number of rotatable bonds is 4. The van der Waals surface area contributed by atoms with Gasteiger partial charge in [-0.05, 0) is 49.1 Å². The third-order valence-corrected chi connectivity index (χ3v) is 7.34. The van der Waals surface area contributed by atoms with Crippen molar-refractivity contribution in [3.05, 3.63) is 72.5 Å². The van der Waals surface area contributed by atoms with Crippen molar-refractivity contribution in [1.82, 2.24) is 29.5 Å². The number of carbonyl (C=O) groups excluding carboxylic acids is 1. The first-order valence-corrected chi connectivity index (χ1v) is 11.9. The van der Waals surface area contributed by atoms with E-state index in [-0.39, 0.29) is 5.91 Å². The number of pyridine rings is 1. The van der Waals surface area contributed by atoms with Crippen molar-refractivity contribution in [3.63, 3.8) is 0 Å². The average molecular weight is 478 g/mol. The van der Waals surface area contributed by atoms with Crippen LogP contribution in [0.15, 0.2) is 55.6 Å². The monoisotopic (exact) mass is 477 g/mol. The second kappa shape index (κ2) is 8.05. The molecule has 0 fully saturated rings. The van der Waals surface area contributed by atoms with E-state index in [0.717, 1.165) is 73.5 Å². The lowest BCUT2D eigenvalue weighted by molar-refractivity contribution is -0.114. The standard InChI is InChI=1S/C28H27N7O/c1-6-24(36)35-11-10-19-20(8-7-9-23(19)35)26-25-16(2)21(22-14-31-34(5)17(22)3)13-29-28(25)32-27(26)18-12-30-33(4)15-18/h6-9,12-15H,1,10-11H2,2-5H3,(H,29,32). The zero-order chi connectivity index (χ0) is 25.1. The summed E-state index contributed by atoms with van der Waals surface area (Å²) in [4.78, 5) is 22.8. The van der Waals surface area contributed by atoms with E-state index in [4.69, 9.17) is 4.98 Å². The number of aromatic amines is 1. The molecule has 1 aromatic carbocycles. The van der Waals surface area contributed by atoms with Gasteiger partial charge < -0.3 is 9.88 Å². The molecule has 0 atom stereocenters. The number of amides is 1. The Morgan fingerprint density at radius 1 is 1.08 bits per heavy atom. The van der Waals surface area contributed by atoms with Gasteiger partial charge in [-0.25, -0.2) is 4.98 Å². The second-order valence-corrected chi connectivity index (χ2v) is 9.31. The number of hydrogen-bond acceptors (Lipinski definition) is 4. The molecular formula is C28H27N7O. The molecule has 1 amide bonds. The molecule has 1 aliphatic rings. The number of hydrogen-bond donors (Lipinski definition) is 1. The quantitative estimate of drug-likeness (QED) is 0.380. The lowest BCUT2D eigenvalue weighted by Crippen LogP contribution is -2.26. The van der Waals surface area contributed by atoms with Gasteiger partial charge in [-0.3, -0.25) is 14.2 Å². The number of H-pyrrole nitrogens is 1. The number of fused-ring (bicyclic) bond motifs is 2. The highest BCUT2D eigenvalue weighted by atomic mass is 16.2. The van der Waals surface area contributed by atoms with Gasteiger partial charge in [0, 0.05) is 72.1 Å². The van der Waals surface area contributed by atoms with Gasteiger partial charge >= 0.3 is 0 Å². The SMILES string of the molecule is C=CC(=O)N1CCc2c(-c3c(-c4cnn(C)c4)[nH]c4ncc(-c5cnn(C)c5C)c(C)c34)cccc21. The summed E-state index contributed by atoms with van der Waals surface area (Å²) >= 11 is 0. The molecule has 8 nitrogen and oxygen atoms in total. The van der Waals surface area contributed by atoms with Crippen molar-refractivity contribution in [2.75, 3.05) is 11.4 Å². The fourth-order valence-corrected chi connectivity index (χ4v) is 5.39. The van der Waals surface area contributed by atoms with Gasteiger partial charge in [0.2, 0.25) is 5.91 Å². The number of nitrogens with zero attached hydrogens (tertiary/aromatic N) is 6. The van der Waals surface area contributed by atoms with Crippen LogP contribution in [0, 0.1) is 13.8 Å². The number of benzene rings is 1. The Kier molecular flexibility index (Phi) is 4.93. The smallest absolute Gasteiger partial charge is 0.250 e. The summed E-state index contributed by atoms with van der Waals surface area (Å²) < 4.78 is 3.68. The Bertz CT molecular complexity index is 1680. The number of anilines is 1. The summed E-state index contributed by atoms with van der Waals surface area (Å²) in [5, 5.41) is 9.94. The normalized spacial score (nSPS) is 12.9. The number of carbonyl (C=O) groups is 1. The van der Waals surface area contributed by atoms with Gasteiger partial charge in [-0.1, -0.05) is 18.7 Å². The summed E-state index contributed by atoms with van der Waals surface area (Å²) in [7, 11) is 3.86. The van der Waals surface area contributed by atoms with Gasteiger partial charge in [0.05, 0.1) is 18.1 Å². The third-order valence-electron chi connectivity index (χ3n) is 7.34. The van der Waals surface area contributed by atoms with Crippen molar-refractivity contribution in [1.29, 1.82) is 0 Å². The minimum Gasteiger partial charge on any atom is -0.339 e. The lowest BCUT2D eigenvalue weighted by Gasteiger charge is -2.16. The molecule has 36 heavy (non-hydrogen) atoms. The largest absolute Gasteiger partial charge is 0.339 e. The van der Waals surface area contributed by atoms with Gasteiger partial charge in [-0.15, -0.1) is 0 Å². The van der Waals surface area contributed by atoms with Crippen LogP contribution in [0.2, 0.25) is 0 Å². The van der Waals surface area contributed by atoms with Crippen molar-refractivity contribution >= 4 is 22.6 Å². The topological polar surface area (TPSA) is 84.6 Å². The molecule has 0 radical (unpaired) electrons. The first-order valence-electron chi connectivity index (χ1n) is 11.9. The Morgan fingerprint density at radius 2 is 1.92 bits per heavy atom. The van der Waals surface area contributed by atoms with Crippen LogP contribution in [0.25, 0.3) is 44.5 Å². The molecule has 5 heterocycles. The van der Waals surface area contributed by atoms with E-state index >= 15 is 0 Å². The van der Waals surface area contributed by atoms with Crippen LogP contribution in [0.1, 0.15) is 16.8 Å². The molecule has 0 spiro atoms. The molecule has 0 bridgehead atoms. The molecule has 6 rings (SSSR count). The molecule has 0 saturated carbocycles. The minimum atomic E-state index is -0.0792. The van der Waals surface area contributed by atoms with Crippen molar-refractivity contribution in [2.45, 2.75) is 20.3 Å². The summed E-state index contributed by atoms with van der Waals surface area (Å²) in [5.41, 5.74) is 11.4. The maximum atomic E-state index is 12.5. The minimum absolute atomic E-state index is 0.0792. The van der Waals surface area contributed by atoms with Crippen molar-refractivity contribution < 1.29 is 4.79 Å². The Hall–Kier alpha value is -4.46. The molecule has 5 aromatic rings. The number of aromatic nitrogens is 6. The number of aryl methyl sites for hydroxylation is 3. The lowest BCUT2D eigenvalue weighted by atomic mass is 9.91. The van der Waals surface area contributed by atoms with Gasteiger partial charge in [-0.2, -0.15) is 10.2 Å². The second-order valence-electron chi connectivity index (χ2n) is 9.31. The van der Waals surface area contributed by atoms with E-state index in [1.54, 1.807) is 9.58 Å². The van der Waals surface area contributed by atoms with Gasteiger partial charge in [0.25, 0.3) is 0 Å². The Labute approximate surface area is 208 Å². The predicted octanol–water partition coefficient (Wildman–Crippen LogP) is 4.72. The predicted molar refractivity (Wildman–Crippen MR) is 142 cm³/mol. The highest BCUT2D eigenvalue weighted by molar-refractivity contribution is 6.09. The summed E-state index contributed by atoms with van der Waals surface area (Å²) in [6.07, 6.45) is 9.86. The van der Waals surface area contributed by atoms with Crippen LogP contribution in [-0.4, -0.2) is 42.0 Å². The first kappa shape index (κ1) is 22.0. The van der Waals surface area contributed by atoms with Gasteiger partial charge in [0.15, 0.2) is 0 Å². The number of nitrogens with one attached hydrogen (secondary N) is 1. The van der Waals surface area contributed by atoms with Crippen LogP contribution >= 0.6 is 0 Å². The first-order chi connectivity index (χ1) is 17.4. The molecule has 8 heteroatoms. The fraction of sp³-hybridized carbons (Fsp3) is 0.214. The molecule has 180 valence electrons. The van der Waals surface area contributed by atoms with Crippen LogP contribution in [0.5, 0.6) is 0 Å². The maximum Gasteiger partial charge on any atom is 0.250 e. The average Bonchev–Trinajstić information content (AvgIpc) is 3.65. The molecule has 1 aliphatic heterocycles. The molecule has 1 N–H and O–H groups in total. The fourth-order valence-electron chi connectivity index (χ4n) is 5.39. The van der Waals surface area contributed by atoms with E-state index in [1.807, 2.05) is 55.7 Å². The third kappa shape index (κ3) is 3.14. The molecule has 0 unspecified atom stereocenters. The van der Waals surface area contributed by atoms with E-state index < -0.39 is 0 Å². The van der Waals surface area contributed by atoms with E-state index in [1.165, 1.54) is 6.08 Å². The zero-order valence-electron chi connectivity index (χ0n) is 20.8. The zero-order valence-corrected chi connectivity index (χ0v) is 20.8. The van der Waals surface area contributed by atoms with Crippen molar-refractivity contribution in [2.24, 2.45) is 14.1 Å². The summed E-state index contributed by atoms with van der Waals surface area (Å²) in [5.74, 6) is -0.0792. The summed E-state index contributed by atoms with van der Waals surface area (Å²) in [6.45, 7) is 8.54. The maximum absolute atomic E-state index is 12.5. The van der Waals surface area contributed by atoms with Crippen LogP contribution in [0.3, 0.4) is 0 Å². The van der Waals surface area contributed by atoms with E-state index in [0.29, 0.717) is 6.54 Å². The highest BCUT2D eigenvalue weighted by Gasteiger charge is 2.29. The van der Waals surface area contributed by atoms with Crippen LogP contribution in [0.4, 0.5) is 5.69 Å².